The summed E-state index contributed by atoms with van der Waals surface area (Å²) in [6, 6.07) is 0.569. The Morgan fingerprint density at radius 1 is 1.62 bits per heavy atom. The molecule has 3 nitrogen and oxygen atoms in total. The van der Waals surface area contributed by atoms with E-state index in [1.807, 2.05) is 11.6 Å². The normalized spacial score (nSPS) is 13.5. The van der Waals surface area contributed by atoms with Crippen molar-refractivity contribution in [3.63, 3.8) is 0 Å². The summed E-state index contributed by atoms with van der Waals surface area (Å²) in [6.45, 7) is 4.09. The zero-order valence-electron chi connectivity index (χ0n) is 8.45. The van der Waals surface area contributed by atoms with Gasteiger partial charge in [-0.05, 0) is 21.0 Å². The molecular weight excluding hydrogens is 182 g/mol. The average Bonchev–Trinajstić information content (AvgIpc) is 2.56. The lowest BCUT2D eigenvalue weighted by Crippen LogP contribution is -2.35. The Bertz CT molecular complexity index is 221. The Balaban J connectivity index is 2.14. The highest BCUT2D eigenvalue weighted by Gasteiger charge is 2.03. The Labute approximate surface area is 83.8 Å². The lowest BCUT2D eigenvalue weighted by molar-refractivity contribution is 0.302. The highest BCUT2D eigenvalue weighted by Crippen LogP contribution is 2.02. The van der Waals surface area contributed by atoms with Gasteiger partial charge in [0.1, 0.15) is 5.01 Å². The second-order valence-electron chi connectivity index (χ2n) is 3.37. The lowest BCUT2D eigenvalue weighted by atomic mass is 10.3. The van der Waals surface area contributed by atoms with Crippen molar-refractivity contribution in [1.29, 1.82) is 0 Å². The molecule has 0 saturated carbocycles. The summed E-state index contributed by atoms with van der Waals surface area (Å²) in [5, 5.41) is 6.54. The number of rotatable bonds is 5. The van der Waals surface area contributed by atoms with E-state index in [1.165, 1.54) is 0 Å². The molecule has 0 spiro atoms. The molecule has 0 aliphatic carbocycles. The fourth-order valence-corrected chi connectivity index (χ4v) is 1.50. The van der Waals surface area contributed by atoms with Crippen LogP contribution in [0.3, 0.4) is 0 Å². The molecule has 74 valence electrons. The van der Waals surface area contributed by atoms with E-state index in [-0.39, 0.29) is 0 Å². The summed E-state index contributed by atoms with van der Waals surface area (Å²) in [4.78, 5) is 6.40. The molecule has 0 aromatic carbocycles. The first-order chi connectivity index (χ1) is 6.20. The fraction of sp³-hybridized carbons (Fsp3) is 0.667. The van der Waals surface area contributed by atoms with Gasteiger partial charge < -0.3 is 10.2 Å². The van der Waals surface area contributed by atoms with Gasteiger partial charge in [-0.25, -0.2) is 4.98 Å². The maximum absolute atomic E-state index is 4.20. The quantitative estimate of drug-likeness (QED) is 0.772. The number of nitrogens with one attached hydrogen (secondary N) is 1. The molecule has 4 heteroatoms. The van der Waals surface area contributed by atoms with E-state index in [2.05, 4.69) is 36.2 Å². The van der Waals surface area contributed by atoms with Crippen LogP contribution in [0, 0.1) is 0 Å². The van der Waals surface area contributed by atoms with Crippen molar-refractivity contribution < 1.29 is 0 Å². The van der Waals surface area contributed by atoms with Gasteiger partial charge in [-0.15, -0.1) is 11.3 Å². The molecule has 0 radical (unpaired) electrons. The summed E-state index contributed by atoms with van der Waals surface area (Å²) in [5.74, 6) is 0. The van der Waals surface area contributed by atoms with E-state index >= 15 is 0 Å². The Morgan fingerprint density at radius 2 is 2.38 bits per heavy atom. The van der Waals surface area contributed by atoms with Crippen molar-refractivity contribution in [3.05, 3.63) is 16.6 Å². The first-order valence-electron chi connectivity index (χ1n) is 4.45. The lowest BCUT2D eigenvalue weighted by Gasteiger charge is -2.19. The van der Waals surface area contributed by atoms with Crippen molar-refractivity contribution in [1.82, 2.24) is 15.2 Å². The average molecular weight is 199 g/mol. The van der Waals surface area contributed by atoms with Crippen LogP contribution in [0.2, 0.25) is 0 Å². The number of hydrogen-bond acceptors (Lipinski definition) is 4. The van der Waals surface area contributed by atoms with Gasteiger partial charge >= 0.3 is 0 Å². The molecule has 1 aromatic rings. The van der Waals surface area contributed by atoms with Crippen LogP contribution in [0.5, 0.6) is 0 Å². The van der Waals surface area contributed by atoms with Crippen molar-refractivity contribution in [3.8, 4) is 0 Å². The largest absolute Gasteiger partial charge is 0.309 e. The molecule has 1 heterocycles. The monoisotopic (exact) mass is 199 g/mol. The number of hydrogen-bond donors (Lipinski definition) is 1. The molecule has 0 saturated heterocycles. The number of thiazole rings is 1. The van der Waals surface area contributed by atoms with Crippen LogP contribution in [0.25, 0.3) is 0 Å². The van der Waals surface area contributed by atoms with E-state index in [1.54, 1.807) is 11.3 Å². The molecule has 0 aliphatic rings. The molecular formula is C9H17N3S. The zero-order chi connectivity index (χ0) is 9.68. The van der Waals surface area contributed by atoms with Crippen LogP contribution >= 0.6 is 11.3 Å². The summed E-state index contributed by atoms with van der Waals surface area (Å²) in [7, 11) is 4.19. The van der Waals surface area contributed by atoms with Crippen LogP contribution in [0.15, 0.2) is 11.6 Å². The van der Waals surface area contributed by atoms with Gasteiger partial charge in [0.2, 0.25) is 0 Å². The first kappa shape index (κ1) is 10.6. The summed E-state index contributed by atoms with van der Waals surface area (Å²) in [5.41, 5.74) is 0. The van der Waals surface area contributed by atoms with Crippen LogP contribution in [-0.2, 0) is 6.54 Å². The maximum atomic E-state index is 4.20. The van der Waals surface area contributed by atoms with Gasteiger partial charge in [0.15, 0.2) is 0 Å². The second-order valence-corrected chi connectivity index (χ2v) is 4.35. The topological polar surface area (TPSA) is 28.2 Å². The first-order valence-corrected chi connectivity index (χ1v) is 5.33. The smallest absolute Gasteiger partial charge is 0.106 e. The van der Waals surface area contributed by atoms with Gasteiger partial charge in [0, 0.05) is 30.7 Å². The predicted octanol–water partition coefficient (Wildman–Crippen LogP) is 1.18. The highest BCUT2D eigenvalue weighted by molar-refractivity contribution is 7.09. The van der Waals surface area contributed by atoms with Gasteiger partial charge in [0.25, 0.3) is 0 Å². The summed E-state index contributed by atoms with van der Waals surface area (Å²) in [6.07, 6.45) is 1.84. The van der Waals surface area contributed by atoms with Gasteiger partial charge in [0.05, 0.1) is 0 Å². The number of likely N-dealkylation sites (N-methyl/N-ethyl adjacent to an activating group) is 1. The van der Waals surface area contributed by atoms with E-state index in [0.29, 0.717) is 6.04 Å². The van der Waals surface area contributed by atoms with Crippen molar-refractivity contribution in [2.75, 3.05) is 20.6 Å². The van der Waals surface area contributed by atoms with Crippen molar-refractivity contribution >= 4 is 11.3 Å². The molecule has 1 rings (SSSR count). The highest BCUT2D eigenvalue weighted by atomic mass is 32.1. The predicted molar refractivity (Wildman–Crippen MR) is 57.0 cm³/mol. The molecule has 13 heavy (non-hydrogen) atoms. The summed E-state index contributed by atoms with van der Waals surface area (Å²) >= 11 is 1.70. The molecule has 0 bridgehead atoms. The summed E-state index contributed by atoms with van der Waals surface area (Å²) < 4.78 is 0. The number of aromatic nitrogens is 1. The van der Waals surface area contributed by atoms with Gasteiger partial charge in [-0.3, -0.25) is 0 Å². The maximum Gasteiger partial charge on any atom is 0.106 e. The van der Waals surface area contributed by atoms with E-state index < -0.39 is 0 Å². The van der Waals surface area contributed by atoms with Crippen molar-refractivity contribution in [2.24, 2.45) is 0 Å². The van der Waals surface area contributed by atoms with Gasteiger partial charge in [-0.2, -0.15) is 0 Å². The third-order valence-electron chi connectivity index (χ3n) is 2.08. The Kier molecular flexibility index (Phi) is 4.35. The minimum Gasteiger partial charge on any atom is -0.309 e. The molecule has 0 amide bonds. The molecule has 1 unspecified atom stereocenters. The Hall–Kier alpha value is -0.450. The third-order valence-corrected chi connectivity index (χ3v) is 2.86. The molecule has 0 fully saturated rings. The second kappa shape index (κ2) is 5.32. The van der Waals surface area contributed by atoms with Crippen LogP contribution in [-0.4, -0.2) is 36.6 Å². The third kappa shape index (κ3) is 3.85. The van der Waals surface area contributed by atoms with E-state index in [0.717, 1.165) is 18.1 Å². The number of nitrogens with zero attached hydrogens (tertiary/aromatic N) is 2. The SMILES string of the molecule is CC(CNCc1nccs1)N(C)C. The standard InChI is InChI=1S/C9H17N3S/c1-8(12(2)3)6-10-7-9-11-4-5-13-9/h4-5,8,10H,6-7H2,1-3H3. The molecule has 1 atom stereocenters. The molecule has 1 aromatic heterocycles. The fourth-order valence-electron chi connectivity index (χ4n) is 0.911. The minimum atomic E-state index is 0.569. The molecule has 1 N–H and O–H groups in total. The van der Waals surface area contributed by atoms with Crippen LogP contribution in [0.4, 0.5) is 0 Å². The van der Waals surface area contributed by atoms with E-state index in [4.69, 9.17) is 0 Å². The van der Waals surface area contributed by atoms with Crippen LogP contribution < -0.4 is 5.32 Å². The Morgan fingerprint density at radius 3 is 2.92 bits per heavy atom. The van der Waals surface area contributed by atoms with E-state index in [9.17, 15) is 0 Å². The minimum absolute atomic E-state index is 0.569. The van der Waals surface area contributed by atoms with Gasteiger partial charge in [-0.1, -0.05) is 0 Å². The van der Waals surface area contributed by atoms with Crippen molar-refractivity contribution in [2.45, 2.75) is 19.5 Å². The molecule has 0 aliphatic heterocycles. The zero-order valence-corrected chi connectivity index (χ0v) is 9.27. The van der Waals surface area contributed by atoms with Crippen LogP contribution in [0.1, 0.15) is 11.9 Å².